The number of aliphatic hydroxyl groups excluding tert-OH is 1. The van der Waals surface area contributed by atoms with Gasteiger partial charge in [-0.1, -0.05) is 35.8 Å². The number of hydrogen-bond acceptors (Lipinski definition) is 2. The molecule has 1 atom stereocenters. The van der Waals surface area contributed by atoms with Crippen LogP contribution in [0.25, 0.3) is 0 Å². The molecule has 0 aromatic heterocycles. The van der Waals surface area contributed by atoms with Crippen molar-refractivity contribution in [3.63, 3.8) is 0 Å². The maximum Gasteiger partial charge on any atom is 0.0772 e. The van der Waals surface area contributed by atoms with Crippen LogP contribution in [-0.4, -0.2) is 10.9 Å². The van der Waals surface area contributed by atoms with Crippen molar-refractivity contribution in [1.82, 2.24) is 0 Å². The Labute approximate surface area is 111 Å². The van der Waals surface area contributed by atoms with Crippen molar-refractivity contribution in [3.05, 3.63) is 28.2 Å². The predicted octanol–water partition coefficient (Wildman–Crippen LogP) is 4.64. The summed E-state index contributed by atoms with van der Waals surface area (Å²) in [4.78, 5) is 1.26. The molecule has 0 radical (unpaired) electrons. The van der Waals surface area contributed by atoms with Gasteiger partial charge in [-0.25, -0.2) is 0 Å². The van der Waals surface area contributed by atoms with Gasteiger partial charge in [0.15, 0.2) is 0 Å². The molecule has 0 spiro atoms. The van der Waals surface area contributed by atoms with E-state index in [1.807, 2.05) is 17.8 Å². The first-order valence-electron chi connectivity index (χ1n) is 5.61. The molecule has 1 aromatic carbocycles. The maximum absolute atomic E-state index is 9.51. The van der Waals surface area contributed by atoms with Crippen LogP contribution in [0.5, 0.6) is 0 Å². The quantitative estimate of drug-likeness (QED) is 0.800. The first-order valence-corrected chi connectivity index (χ1v) is 7.39. The highest BCUT2D eigenvalue weighted by molar-refractivity contribution is 9.10. The lowest BCUT2D eigenvalue weighted by Gasteiger charge is -2.10. The van der Waals surface area contributed by atoms with E-state index >= 15 is 0 Å². The second kappa shape index (κ2) is 6.67. The molecule has 0 heterocycles. The lowest BCUT2D eigenvalue weighted by Crippen LogP contribution is -1.93. The average Bonchev–Trinajstić information content (AvgIpc) is 2.16. The molecule has 3 heteroatoms. The molecule has 0 aliphatic rings. The van der Waals surface area contributed by atoms with E-state index in [0.29, 0.717) is 0 Å². The van der Waals surface area contributed by atoms with Crippen molar-refractivity contribution in [2.24, 2.45) is 5.92 Å². The van der Waals surface area contributed by atoms with E-state index in [-0.39, 0.29) is 0 Å². The maximum atomic E-state index is 9.51. The lowest BCUT2D eigenvalue weighted by atomic mass is 10.1. The highest BCUT2D eigenvalue weighted by Gasteiger charge is 2.06. The van der Waals surface area contributed by atoms with E-state index in [4.69, 9.17) is 0 Å². The minimum Gasteiger partial charge on any atom is -0.389 e. The summed E-state index contributed by atoms with van der Waals surface area (Å²) in [6, 6.07) is 6.16. The van der Waals surface area contributed by atoms with Crippen LogP contribution >= 0.6 is 27.7 Å². The van der Waals surface area contributed by atoms with Crippen LogP contribution in [0.4, 0.5) is 0 Å². The number of aliphatic hydroxyl groups is 1. The largest absolute Gasteiger partial charge is 0.389 e. The molecule has 0 fully saturated rings. The summed E-state index contributed by atoms with van der Waals surface area (Å²) in [7, 11) is 0. The van der Waals surface area contributed by atoms with Gasteiger partial charge in [-0.2, -0.15) is 0 Å². The summed E-state index contributed by atoms with van der Waals surface area (Å²) in [6.07, 6.45) is 0.824. The molecular weight excluding hydrogens is 284 g/mol. The first-order chi connectivity index (χ1) is 7.50. The fourth-order valence-corrected chi connectivity index (χ4v) is 3.40. The van der Waals surface area contributed by atoms with Crippen molar-refractivity contribution in [2.45, 2.75) is 38.2 Å². The minimum atomic E-state index is -0.413. The SMILES string of the molecule is CC(C)CCSc1ccc(C(C)O)c(Br)c1. The van der Waals surface area contributed by atoms with E-state index in [2.05, 4.69) is 41.9 Å². The monoisotopic (exact) mass is 302 g/mol. The van der Waals surface area contributed by atoms with Crippen molar-refractivity contribution in [2.75, 3.05) is 5.75 Å². The molecule has 0 aliphatic carbocycles. The summed E-state index contributed by atoms with van der Waals surface area (Å²) in [5.74, 6) is 1.91. The normalized spacial score (nSPS) is 13.1. The second-order valence-electron chi connectivity index (χ2n) is 4.39. The zero-order valence-corrected chi connectivity index (χ0v) is 12.4. The third kappa shape index (κ3) is 4.48. The molecule has 0 aliphatic heterocycles. The highest BCUT2D eigenvalue weighted by Crippen LogP contribution is 2.29. The molecule has 1 aromatic rings. The zero-order valence-electron chi connectivity index (χ0n) is 10.0. The highest BCUT2D eigenvalue weighted by atomic mass is 79.9. The van der Waals surface area contributed by atoms with Gasteiger partial charge in [-0.15, -0.1) is 11.8 Å². The molecule has 0 saturated carbocycles. The van der Waals surface area contributed by atoms with Gasteiger partial charge in [0, 0.05) is 9.37 Å². The Bertz CT molecular complexity index is 337. The number of halogens is 1. The predicted molar refractivity (Wildman–Crippen MR) is 75.0 cm³/mol. The number of rotatable bonds is 5. The van der Waals surface area contributed by atoms with E-state index in [1.54, 1.807) is 6.92 Å². The van der Waals surface area contributed by atoms with Gasteiger partial charge in [0.1, 0.15) is 0 Å². The Hall–Kier alpha value is 0.01000. The van der Waals surface area contributed by atoms with Crippen LogP contribution in [0, 0.1) is 5.92 Å². The summed E-state index contributed by atoms with van der Waals surface area (Å²) < 4.78 is 0.997. The molecule has 0 bridgehead atoms. The summed E-state index contributed by atoms with van der Waals surface area (Å²) in [6.45, 7) is 6.27. The smallest absolute Gasteiger partial charge is 0.0772 e. The van der Waals surface area contributed by atoms with Crippen LogP contribution in [0.3, 0.4) is 0 Å². The minimum absolute atomic E-state index is 0.413. The van der Waals surface area contributed by atoms with E-state index in [9.17, 15) is 5.11 Å². The van der Waals surface area contributed by atoms with Crippen molar-refractivity contribution >= 4 is 27.7 Å². The topological polar surface area (TPSA) is 20.2 Å². The van der Waals surface area contributed by atoms with Gasteiger partial charge in [0.05, 0.1) is 6.10 Å². The molecule has 0 amide bonds. The lowest BCUT2D eigenvalue weighted by molar-refractivity contribution is 0.198. The Morgan fingerprint density at radius 2 is 2.00 bits per heavy atom. The zero-order chi connectivity index (χ0) is 12.1. The van der Waals surface area contributed by atoms with E-state index < -0.39 is 6.10 Å². The Balaban J connectivity index is 2.59. The second-order valence-corrected chi connectivity index (χ2v) is 6.41. The summed E-state index contributed by atoms with van der Waals surface area (Å²) in [5, 5.41) is 9.51. The molecule has 1 rings (SSSR count). The first kappa shape index (κ1) is 14.1. The van der Waals surface area contributed by atoms with Crippen molar-refractivity contribution < 1.29 is 5.11 Å². The Morgan fingerprint density at radius 3 is 2.50 bits per heavy atom. The van der Waals surface area contributed by atoms with Crippen LogP contribution < -0.4 is 0 Å². The van der Waals surface area contributed by atoms with Crippen LogP contribution in [-0.2, 0) is 0 Å². The average molecular weight is 303 g/mol. The molecule has 1 unspecified atom stereocenters. The van der Waals surface area contributed by atoms with Gasteiger partial charge in [0.25, 0.3) is 0 Å². The number of hydrogen-bond donors (Lipinski definition) is 1. The fourth-order valence-electron chi connectivity index (χ4n) is 1.35. The van der Waals surface area contributed by atoms with Crippen molar-refractivity contribution in [1.29, 1.82) is 0 Å². The van der Waals surface area contributed by atoms with Gasteiger partial charge >= 0.3 is 0 Å². The van der Waals surface area contributed by atoms with E-state index in [1.165, 1.54) is 11.3 Å². The molecule has 16 heavy (non-hydrogen) atoms. The standard InChI is InChI=1S/C13H19BrOS/c1-9(2)6-7-16-11-4-5-12(10(3)15)13(14)8-11/h4-5,8-10,15H,6-7H2,1-3H3. The molecule has 1 N–H and O–H groups in total. The Morgan fingerprint density at radius 1 is 1.31 bits per heavy atom. The molecular formula is C13H19BrOS. The third-order valence-corrected chi connectivity index (χ3v) is 4.10. The van der Waals surface area contributed by atoms with Gasteiger partial charge < -0.3 is 5.11 Å². The van der Waals surface area contributed by atoms with Crippen LogP contribution in [0.2, 0.25) is 0 Å². The van der Waals surface area contributed by atoms with Crippen molar-refractivity contribution in [3.8, 4) is 0 Å². The molecule has 1 nitrogen and oxygen atoms in total. The Kier molecular flexibility index (Phi) is 5.87. The van der Waals surface area contributed by atoms with Gasteiger partial charge in [0.2, 0.25) is 0 Å². The number of thioether (sulfide) groups is 1. The molecule has 90 valence electrons. The van der Waals surface area contributed by atoms with Crippen LogP contribution in [0.15, 0.2) is 27.6 Å². The third-order valence-electron chi connectivity index (χ3n) is 2.39. The van der Waals surface area contributed by atoms with Crippen LogP contribution in [0.1, 0.15) is 38.9 Å². The van der Waals surface area contributed by atoms with Gasteiger partial charge in [-0.3, -0.25) is 0 Å². The number of benzene rings is 1. The summed E-state index contributed by atoms with van der Waals surface area (Å²) >= 11 is 5.37. The fraction of sp³-hybridized carbons (Fsp3) is 0.538. The van der Waals surface area contributed by atoms with Gasteiger partial charge in [-0.05, 0) is 42.7 Å². The summed E-state index contributed by atoms with van der Waals surface area (Å²) in [5.41, 5.74) is 0.952. The molecule has 0 saturated heterocycles. The van der Waals surface area contributed by atoms with E-state index in [0.717, 1.165) is 21.7 Å².